The number of amides is 1. The highest BCUT2D eigenvalue weighted by molar-refractivity contribution is 6.02. The van der Waals surface area contributed by atoms with Crippen molar-refractivity contribution < 1.29 is 28.6 Å². The van der Waals surface area contributed by atoms with Crippen molar-refractivity contribution in [1.29, 1.82) is 0 Å². The molecule has 1 amide bonds. The Balaban J connectivity index is 3.19. The summed E-state index contributed by atoms with van der Waals surface area (Å²) >= 11 is 0. The Morgan fingerprint density at radius 3 is 2.04 bits per heavy atom. The number of hydrogen-bond acceptors (Lipinski definition) is 6. The smallest absolute Gasteiger partial charge is 0.340 e. The molecule has 7 nitrogen and oxygen atoms in total. The molecule has 25 heavy (non-hydrogen) atoms. The molecule has 1 rings (SSSR count). The van der Waals surface area contributed by atoms with Crippen LogP contribution in [0.2, 0.25) is 0 Å². The van der Waals surface area contributed by atoms with Crippen LogP contribution in [-0.4, -0.2) is 50.1 Å². The molecule has 0 bridgehead atoms. The number of carbonyl (C=O) groups is 3. The van der Waals surface area contributed by atoms with Crippen molar-refractivity contribution in [2.75, 3.05) is 21.3 Å². The normalized spacial score (nSPS) is 9.64. The topological polar surface area (TPSA) is 82.1 Å². The monoisotopic (exact) mass is 347 g/mol. The van der Waals surface area contributed by atoms with Gasteiger partial charge in [-0.2, -0.15) is 0 Å². The molecule has 1 aromatic rings. The number of hydrogen-bond donors (Lipinski definition) is 0. The maximum absolute atomic E-state index is 12.5. The number of nitrogens with zero attached hydrogens (tertiary/aromatic N) is 1. The van der Waals surface area contributed by atoms with Gasteiger partial charge in [0.25, 0.3) is 0 Å². The van der Waals surface area contributed by atoms with Gasteiger partial charge in [-0.05, 0) is 24.6 Å². The number of esters is 2. The average Bonchev–Trinajstić information content (AvgIpc) is 2.65. The Labute approximate surface area is 146 Å². The lowest BCUT2D eigenvalue weighted by Gasteiger charge is -2.27. The van der Waals surface area contributed by atoms with E-state index in [2.05, 4.69) is 21.3 Å². The maximum atomic E-state index is 12.5. The van der Waals surface area contributed by atoms with Gasteiger partial charge < -0.3 is 19.1 Å². The fraction of sp³-hybridized carbons (Fsp3) is 0.389. The Morgan fingerprint density at radius 2 is 1.60 bits per heavy atom. The van der Waals surface area contributed by atoms with Crippen LogP contribution in [0.1, 0.15) is 18.9 Å². The third-order valence-electron chi connectivity index (χ3n) is 3.41. The van der Waals surface area contributed by atoms with E-state index in [4.69, 9.17) is 4.74 Å². The van der Waals surface area contributed by atoms with Crippen molar-refractivity contribution in [3.05, 3.63) is 29.8 Å². The number of benzene rings is 1. The van der Waals surface area contributed by atoms with E-state index in [1.54, 1.807) is 38.3 Å². The largest absolute Gasteiger partial charge is 0.497 e. The minimum Gasteiger partial charge on any atom is -0.497 e. The molecule has 0 N–H and O–H groups in total. The molecular weight excluding hydrogens is 326 g/mol. The lowest BCUT2D eigenvalue weighted by atomic mass is 10.1. The summed E-state index contributed by atoms with van der Waals surface area (Å²) in [5.41, 5.74) is 0.705. The van der Waals surface area contributed by atoms with Gasteiger partial charge >= 0.3 is 11.9 Å². The SMILES string of the molecule is CC#CCC(=O)N(Cc1ccc(OC)cc1)C(C(=O)OC)C(=O)OC. The van der Waals surface area contributed by atoms with Crippen LogP contribution in [0.3, 0.4) is 0 Å². The molecule has 0 fully saturated rings. The van der Waals surface area contributed by atoms with Gasteiger partial charge in [-0.15, -0.1) is 5.92 Å². The summed E-state index contributed by atoms with van der Waals surface area (Å²) < 4.78 is 14.4. The van der Waals surface area contributed by atoms with Crippen molar-refractivity contribution in [3.8, 4) is 17.6 Å². The minimum atomic E-state index is -1.50. The molecule has 0 unspecified atom stereocenters. The molecule has 0 aliphatic heterocycles. The standard InChI is InChI=1S/C18H21NO6/c1-5-6-7-15(20)19(16(17(21)24-3)18(22)25-4)12-13-8-10-14(23-2)11-9-13/h8-11,16H,7,12H2,1-4H3. The summed E-state index contributed by atoms with van der Waals surface area (Å²) in [6.45, 7) is 1.61. The van der Waals surface area contributed by atoms with Gasteiger partial charge in [0.15, 0.2) is 0 Å². The molecule has 0 radical (unpaired) electrons. The molecule has 0 aliphatic carbocycles. The number of rotatable bonds is 7. The van der Waals surface area contributed by atoms with Crippen LogP contribution in [0.4, 0.5) is 0 Å². The van der Waals surface area contributed by atoms with E-state index in [9.17, 15) is 14.4 Å². The lowest BCUT2D eigenvalue weighted by Crippen LogP contribution is -2.50. The van der Waals surface area contributed by atoms with E-state index >= 15 is 0 Å². The molecule has 1 aromatic carbocycles. The Bertz CT molecular complexity index is 655. The van der Waals surface area contributed by atoms with E-state index in [-0.39, 0.29) is 13.0 Å². The number of ether oxygens (including phenoxy) is 3. The fourth-order valence-corrected chi connectivity index (χ4v) is 2.09. The summed E-state index contributed by atoms with van der Waals surface area (Å²) in [7, 11) is 3.82. The van der Waals surface area contributed by atoms with Crippen molar-refractivity contribution in [3.63, 3.8) is 0 Å². The van der Waals surface area contributed by atoms with Gasteiger partial charge in [-0.3, -0.25) is 4.79 Å². The molecule has 0 spiro atoms. The Morgan fingerprint density at radius 1 is 1.04 bits per heavy atom. The number of carbonyl (C=O) groups excluding carboxylic acids is 3. The van der Waals surface area contributed by atoms with Gasteiger partial charge in [0.2, 0.25) is 11.9 Å². The summed E-state index contributed by atoms with van der Waals surface area (Å²) in [5, 5.41) is 0. The van der Waals surface area contributed by atoms with Crippen LogP contribution in [0, 0.1) is 11.8 Å². The summed E-state index contributed by atoms with van der Waals surface area (Å²) in [6.07, 6.45) is -0.128. The molecule has 7 heteroatoms. The van der Waals surface area contributed by atoms with E-state index < -0.39 is 23.9 Å². The van der Waals surface area contributed by atoms with Crippen molar-refractivity contribution in [2.45, 2.75) is 25.9 Å². The average molecular weight is 347 g/mol. The highest BCUT2D eigenvalue weighted by atomic mass is 16.5. The van der Waals surface area contributed by atoms with Crippen LogP contribution < -0.4 is 4.74 Å². The van der Waals surface area contributed by atoms with Crippen LogP contribution in [-0.2, 0) is 30.4 Å². The highest BCUT2D eigenvalue weighted by Gasteiger charge is 2.37. The third-order valence-corrected chi connectivity index (χ3v) is 3.41. The van der Waals surface area contributed by atoms with Gasteiger partial charge in [0.1, 0.15) is 5.75 Å². The predicted octanol–water partition coefficient (Wildman–Crippen LogP) is 1.15. The zero-order valence-corrected chi connectivity index (χ0v) is 14.7. The summed E-state index contributed by atoms with van der Waals surface area (Å²) in [4.78, 5) is 37.7. The van der Waals surface area contributed by atoms with Gasteiger partial charge in [-0.25, -0.2) is 9.59 Å². The second-order valence-electron chi connectivity index (χ2n) is 4.92. The molecular formula is C18H21NO6. The van der Waals surface area contributed by atoms with E-state index in [1.165, 1.54) is 0 Å². The quantitative estimate of drug-likeness (QED) is 0.418. The third kappa shape index (κ3) is 5.53. The number of methoxy groups -OCH3 is 3. The van der Waals surface area contributed by atoms with E-state index in [0.717, 1.165) is 19.1 Å². The Hall–Kier alpha value is -3.01. The molecule has 0 atom stereocenters. The zero-order chi connectivity index (χ0) is 18.8. The van der Waals surface area contributed by atoms with E-state index in [0.29, 0.717) is 11.3 Å². The van der Waals surface area contributed by atoms with Crippen LogP contribution in [0.25, 0.3) is 0 Å². The van der Waals surface area contributed by atoms with Crippen LogP contribution >= 0.6 is 0 Å². The van der Waals surface area contributed by atoms with Crippen LogP contribution in [0.5, 0.6) is 5.75 Å². The van der Waals surface area contributed by atoms with Gasteiger partial charge in [0.05, 0.1) is 27.8 Å². The summed E-state index contributed by atoms with van der Waals surface area (Å²) in [5.74, 6) is 3.66. The minimum absolute atomic E-state index is 0.0170. The molecule has 0 heterocycles. The lowest BCUT2D eigenvalue weighted by molar-refractivity contribution is -0.165. The van der Waals surface area contributed by atoms with Crippen LogP contribution in [0.15, 0.2) is 24.3 Å². The molecule has 0 aromatic heterocycles. The van der Waals surface area contributed by atoms with Crippen molar-refractivity contribution in [1.82, 2.24) is 4.90 Å². The predicted molar refractivity (Wildman–Crippen MR) is 89.4 cm³/mol. The molecule has 0 saturated heterocycles. The second-order valence-corrected chi connectivity index (χ2v) is 4.92. The maximum Gasteiger partial charge on any atom is 0.340 e. The first-order valence-electron chi connectivity index (χ1n) is 7.46. The van der Waals surface area contributed by atoms with Crippen molar-refractivity contribution >= 4 is 17.8 Å². The van der Waals surface area contributed by atoms with Gasteiger partial charge in [0, 0.05) is 6.54 Å². The molecule has 0 aliphatic rings. The first kappa shape index (κ1) is 20.0. The fourth-order valence-electron chi connectivity index (χ4n) is 2.09. The van der Waals surface area contributed by atoms with E-state index in [1.807, 2.05) is 0 Å². The molecule has 0 saturated carbocycles. The Kier molecular flexibility index (Phi) is 8.00. The summed E-state index contributed by atoms with van der Waals surface area (Å²) in [6, 6.07) is 5.40. The second kappa shape index (κ2) is 9.98. The zero-order valence-electron chi connectivity index (χ0n) is 14.7. The first-order chi connectivity index (χ1) is 12.0. The first-order valence-corrected chi connectivity index (χ1v) is 7.46. The highest BCUT2D eigenvalue weighted by Crippen LogP contribution is 2.16. The van der Waals surface area contributed by atoms with Crippen molar-refractivity contribution in [2.24, 2.45) is 0 Å². The van der Waals surface area contributed by atoms with Gasteiger partial charge in [-0.1, -0.05) is 18.1 Å². The molecule has 134 valence electrons.